The van der Waals surface area contributed by atoms with Crippen LogP contribution >= 0.6 is 0 Å². The largest absolute Gasteiger partial charge is 0.396 e. The fraction of sp³-hybridized carbons (Fsp3) is 0.769. The van der Waals surface area contributed by atoms with Crippen molar-refractivity contribution >= 4 is 10.0 Å². The molecule has 0 aliphatic carbocycles. The lowest BCUT2D eigenvalue weighted by Gasteiger charge is -2.44. The zero-order valence-electron chi connectivity index (χ0n) is 12.9. The van der Waals surface area contributed by atoms with Crippen molar-refractivity contribution in [2.24, 2.45) is 0 Å². The van der Waals surface area contributed by atoms with Gasteiger partial charge in [0.15, 0.2) is 0 Å². The van der Waals surface area contributed by atoms with Crippen LogP contribution in [0, 0.1) is 0 Å². The zero-order valence-corrected chi connectivity index (χ0v) is 13.7. The number of hydrogen-bond donors (Lipinski definition) is 1. The summed E-state index contributed by atoms with van der Waals surface area (Å²) >= 11 is 0. The number of aliphatic hydroxyl groups is 1. The van der Waals surface area contributed by atoms with E-state index in [4.69, 9.17) is 5.11 Å². The smallest absolute Gasteiger partial charge is 0.246 e. The first kappa shape index (κ1) is 16.4. The predicted molar refractivity (Wildman–Crippen MR) is 79.4 cm³/mol. The summed E-state index contributed by atoms with van der Waals surface area (Å²) < 4.78 is 28.4. The maximum Gasteiger partial charge on any atom is 0.246 e. The number of hydrogen-bond acceptors (Lipinski definition) is 5. The first-order valence-corrected chi connectivity index (χ1v) is 8.56. The molecule has 0 amide bonds. The molecule has 0 aromatic carbocycles. The molecule has 1 aliphatic rings. The minimum Gasteiger partial charge on any atom is -0.396 e. The number of likely N-dealkylation sites (N-methyl/N-ethyl adjacent to an activating group) is 1. The molecule has 1 N–H and O–H groups in total. The lowest BCUT2D eigenvalue weighted by atomic mass is 10.0. The number of piperazine rings is 1. The van der Waals surface area contributed by atoms with E-state index in [0.717, 1.165) is 0 Å². The highest BCUT2D eigenvalue weighted by atomic mass is 32.2. The van der Waals surface area contributed by atoms with E-state index < -0.39 is 10.0 Å². The van der Waals surface area contributed by atoms with Crippen LogP contribution in [0.1, 0.15) is 20.3 Å². The molecule has 1 saturated heterocycles. The second kappa shape index (κ2) is 6.04. The molecule has 1 aliphatic heterocycles. The van der Waals surface area contributed by atoms with Crippen LogP contribution in [0.15, 0.2) is 17.3 Å². The maximum atomic E-state index is 12.7. The van der Waals surface area contributed by atoms with Crippen molar-refractivity contribution in [1.29, 1.82) is 0 Å². The minimum atomic E-state index is -3.50. The highest BCUT2D eigenvalue weighted by Crippen LogP contribution is 2.24. The van der Waals surface area contributed by atoms with Gasteiger partial charge >= 0.3 is 0 Å². The Morgan fingerprint density at radius 1 is 1.38 bits per heavy atom. The Balaban J connectivity index is 2.16. The molecular weight excluding hydrogens is 292 g/mol. The highest BCUT2D eigenvalue weighted by Gasteiger charge is 2.37. The van der Waals surface area contributed by atoms with E-state index in [9.17, 15) is 8.42 Å². The highest BCUT2D eigenvalue weighted by molar-refractivity contribution is 7.89. The third-order valence-electron chi connectivity index (χ3n) is 4.07. The molecule has 21 heavy (non-hydrogen) atoms. The third kappa shape index (κ3) is 3.45. The van der Waals surface area contributed by atoms with E-state index in [1.54, 1.807) is 4.68 Å². The Hall–Kier alpha value is -0.960. The standard InChI is InChI=1S/C13H24N4O3S/c1-13(2)11-17(7-6-15(13)3)21(19,20)12-9-14-16(10-12)5-4-8-18/h9-10,18H,4-8,11H2,1-3H3. The molecule has 0 spiro atoms. The van der Waals surface area contributed by atoms with Crippen molar-refractivity contribution < 1.29 is 13.5 Å². The van der Waals surface area contributed by atoms with Crippen LogP contribution in [0.3, 0.4) is 0 Å². The first-order chi connectivity index (χ1) is 9.77. The molecule has 1 aromatic heterocycles. The van der Waals surface area contributed by atoms with Crippen LogP contribution in [-0.4, -0.2) is 71.3 Å². The Kier molecular flexibility index (Phi) is 4.72. The lowest BCUT2D eigenvalue weighted by molar-refractivity contribution is 0.0801. The Morgan fingerprint density at radius 2 is 2.10 bits per heavy atom. The monoisotopic (exact) mass is 316 g/mol. The van der Waals surface area contributed by atoms with Crippen LogP contribution in [-0.2, 0) is 16.6 Å². The summed E-state index contributed by atoms with van der Waals surface area (Å²) in [4.78, 5) is 2.39. The molecule has 0 radical (unpaired) electrons. The minimum absolute atomic E-state index is 0.0641. The van der Waals surface area contributed by atoms with Crippen molar-refractivity contribution in [1.82, 2.24) is 19.0 Å². The summed E-state index contributed by atoms with van der Waals surface area (Å²) in [5.41, 5.74) is -0.182. The molecule has 7 nitrogen and oxygen atoms in total. The summed E-state index contributed by atoms with van der Waals surface area (Å²) in [7, 11) is -1.49. The molecule has 0 saturated carbocycles. The first-order valence-electron chi connectivity index (χ1n) is 7.12. The van der Waals surface area contributed by atoms with Crippen molar-refractivity contribution in [3.63, 3.8) is 0 Å². The van der Waals surface area contributed by atoms with Crippen LogP contribution in [0.5, 0.6) is 0 Å². The fourth-order valence-electron chi connectivity index (χ4n) is 2.38. The normalized spacial score (nSPS) is 20.8. The fourth-order valence-corrected chi connectivity index (χ4v) is 3.92. The molecule has 2 rings (SSSR count). The van der Waals surface area contributed by atoms with Gasteiger partial charge < -0.3 is 5.11 Å². The summed E-state index contributed by atoms with van der Waals surface area (Å²) in [6, 6.07) is 0. The maximum absolute atomic E-state index is 12.7. The SMILES string of the molecule is CN1CCN(S(=O)(=O)c2cnn(CCCO)c2)CC1(C)C. The Bertz CT molecular complexity index is 582. The van der Waals surface area contributed by atoms with Gasteiger partial charge in [-0.2, -0.15) is 9.40 Å². The third-order valence-corrected chi connectivity index (χ3v) is 5.87. The second-order valence-electron chi connectivity index (χ2n) is 6.09. The predicted octanol–water partition coefficient (Wildman–Crippen LogP) is -0.0198. The number of nitrogens with zero attached hydrogens (tertiary/aromatic N) is 4. The Labute approximate surface area is 126 Å². The van der Waals surface area contributed by atoms with E-state index in [1.807, 2.05) is 20.9 Å². The van der Waals surface area contributed by atoms with E-state index in [2.05, 4.69) is 10.00 Å². The topological polar surface area (TPSA) is 78.7 Å². The summed E-state index contributed by atoms with van der Waals surface area (Å²) in [5, 5.41) is 12.9. The van der Waals surface area contributed by atoms with Gasteiger partial charge in [-0.25, -0.2) is 8.42 Å². The summed E-state index contributed by atoms with van der Waals surface area (Å²) in [5.74, 6) is 0. The zero-order chi connectivity index (χ0) is 15.7. The van der Waals surface area contributed by atoms with Gasteiger partial charge in [0.05, 0.1) is 6.20 Å². The quantitative estimate of drug-likeness (QED) is 0.826. The number of rotatable bonds is 5. The van der Waals surface area contributed by atoms with Gasteiger partial charge in [-0.15, -0.1) is 0 Å². The molecule has 0 unspecified atom stereocenters. The van der Waals surface area contributed by atoms with Crippen LogP contribution in [0.25, 0.3) is 0 Å². The molecule has 0 bridgehead atoms. The van der Waals surface area contributed by atoms with Crippen molar-refractivity contribution in [3.8, 4) is 0 Å². The van der Waals surface area contributed by atoms with Gasteiger partial charge in [0.1, 0.15) is 4.90 Å². The van der Waals surface area contributed by atoms with Crippen LogP contribution in [0.2, 0.25) is 0 Å². The lowest BCUT2D eigenvalue weighted by Crippen LogP contribution is -2.58. The average molecular weight is 316 g/mol. The van der Waals surface area contributed by atoms with Gasteiger partial charge in [-0.3, -0.25) is 9.58 Å². The summed E-state index contributed by atoms with van der Waals surface area (Å²) in [6.07, 6.45) is 3.48. The van der Waals surface area contributed by atoms with E-state index >= 15 is 0 Å². The summed E-state index contributed by atoms with van der Waals surface area (Å²) in [6.45, 7) is 6.33. The van der Waals surface area contributed by atoms with Gasteiger partial charge in [-0.05, 0) is 27.3 Å². The average Bonchev–Trinajstić information content (AvgIpc) is 2.88. The molecule has 2 heterocycles. The Morgan fingerprint density at radius 3 is 2.71 bits per heavy atom. The molecule has 8 heteroatoms. The van der Waals surface area contributed by atoms with Crippen molar-refractivity contribution in [3.05, 3.63) is 12.4 Å². The van der Waals surface area contributed by atoms with E-state index in [0.29, 0.717) is 32.6 Å². The molecular formula is C13H24N4O3S. The molecule has 120 valence electrons. The van der Waals surface area contributed by atoms with E-state index in [1.165, 1.54) is 16.7 Å². The molecule has 1 aromatic rings. The number of aliphatic hydroxyl groups excluding tert-OH is 1. The van der Waals surface area contributed by atoms with Crippen LogP contribution < -0.4 is 0 Å². The van der Waals surface area contributed by atoms with Crippen molar-refractivity contribution in [2.75, 3.05) is 33.3 Å². The number of sulfonamides is 1. The van der Waals surface area contributed by atoms with Gasteiger partial charge in [-0.1, -0.05) is 0 Å². The van der Waals surface area contributed by atoms with Crippen molar-refractivity contribution in [2.45, 2.75) is 37.2 Å². The number of aromatic nitrogens is 2. The van der Waals surface area contributed by atoms with Crippen LogP contribution in [0.4, 0.5) is 0 Å². The van der Waals surface area contributed by atoms with E-state index in [-0.39, 0.29) is 17.0 Å². The van der Waals surface area contributed by atoms with Gasteiger partial charge in [0.2, 0.25) is 10.0 Å². The molecule has 1 fully saturated rings. The second-order valence-corrected chi connectivity index (χ2v) is 8.03. The van der Waals surface area contributed by atoms with Gasteiger partial charge in [0, 0.05) is 44.5 Å². The molecule has 0 atom stereocenters. The van der Waals surface area contributed by atoms with Gasteiger partial charge in [0.25, 0.3) is 0 Å². The number of aryl methyl sites for hydroxylation is 1.